The molecule has 0 bridgehead atoms. The number of hydrogen-bond acceptors (Lipinski definition) is 5. The zero-order valence-electron chi connectivity index (χ0n) is 12.8. The molecule has 6 nitrogen and oxygen atoms in total. The Hall–Kier alpha value is -3.45. The maximum absolute atomic E-state index is 13.0. The third-order valence-corrected chi connectivity index (χ3v) is 3.46. The lowest BCUT2D eigenvalue weighted by atomic mass is 10.1. The minimum absolute atomic E-state index is 0.0813. The number of carbonyl (C=O) groups is 1. The highest BCUT2D eigenvalue weighted by Gasteiger charge is 2.20. The van der Waals surface area contributed by atoms with Crippen LogP contribution in [0, 0.1) is 5.82 Å². The summed E-state index contributed by atoms with van der Waals surface area (Å²) in [7, 11) is 0. The highest BCUT2D eigenvalue weighted by Crippen LogP contribution is 2.24. The van der Waals surface area contributed by atoms with Crippen molar-refractivity contribution >= 4 is 17.3 Å². The maximum atomic E-state index is 13.0. The van der Waals surface area contributed by atoms with Crippen LogP contribution < -0.4 is 16.4 Å². The van der Waals surface area contributed by atoms with Crippen molar-refractivity contribution in [3.05, 3.63) is 82.5 Å². The molecule has 0 fully saturated rings. The van der Waals surface area contributed by atoms with Crippen molar-refractivity contribution in [3.63, 3.8) is 0 Å². The predicted octanol–water partition coefficient (Wildman–Crippen LogP) is 3.50. The Morgan fingerprint density at radius 1 is 1.04 bits per heavy atom. The SMILES string of the molecule is O=C(Nc1ccccc1)c1c(NO)cc(-c2ccc(F)cc2)oc1=O. The molecule has 0 saturated carbocycles. The van der Waals surface area contributed by atoms with Gasteiger partial charge in [-0.2, -0.15) is 0 Å². The van der Waals surface area contributed by atoms with E-state index in [-0.39, 0.29) is 17.0 Å². The lowest BCUT2D eigenvalue weighted by Gasteiger charge is -2.09. The molecule has 0 aliphatic rings. The minimum Gasteiger partial charge on any atom is -0.422 e. The second-order valence-electron chi connectivity index (χ2n) is 5.13. The molecule has 1 aromatic heterocycles. The average molecular weight is 340 g/mol. The molecule has 1 amide bonds. The number of nitrogens with one attached hydrogen (secondary N) is 2. The van der Waals surface area contributed by atoms with Gasteiger partial charge in [-0.05, 0) is 36.4 Å². The van der Waals surface area contributed by atoms with Crippen molar-refractivity contribution in [1.29, 1.82) is 0 Å². The van der Waals surface area contributed by atoms with Gasteiger partial charge in [0.25, 0.3) is 5.91 Å². The quantitative estimate of drug-likeness (QED) is 0.632. The summed E-state index contributed by atoms with van der Waals surface area (Å²) in [6.07, 6.45) is 0. The summed E-state index contributed by atoms with van der Waals surface area (Å²) in [6, 6.07) is 15.1. The van der Waals surface area contributed by atoms with Crippen LogP contribution in [0.5, 0.6) is 0 Å². The number of hydrogen-bond donors (Lipinski definition) is 3. The van der Waals surface area contributed by atoms with Crippen molar-refractivity contribution in [1.82, 2.24) is 0 Å². The number of amides is 1. The van der Waals surface area contributed by atoms with E-state index in [0.717, 1.165) is 0 Å². The lowest BCUT2D eigenvalue weighted by molar-refractivity contribution is 0.102. The number of para-hydroxylation sites is 1. The zero-order valence-corrected chi connectivity index (χ0v) is 12.8. The Balaban J connectivity index is 1.99. The second kappa shape index (κ2) is 6.98. The number of benzene rings is 2. The van der Waals surface area contributed by atoms with Crippen LogP contribution in [0.1, 0.15) is 10.4 Å². The van der Waals surface area contributed by atoms with Gasteiger partial charge in [-0.1, -0.05) is 18.2 Å². The summed E-state index contributed by atoms with van der Waals surface area (Å²) in [5.41, 5.74) is 1.30. The monoisotopic (exact) mass is 340 g/mol. The molecule has 0 aliphatic heterocycles. The van der Waals surface area contributed by atoms with Crippen LogP contribution >= 0.6 is 0 Å². The summed E-state index contributed by atoms with van der Waals surface area (Å²) in [6.45, 7) is 0. The van der Waals surface area contributed by atoms with Gasteiger partial charge >= 0.3 is 5.63 Å². The molecule has 0 spiro atoms. The molecule has 126 valence electrons. The molecule has 0 radical (unpaired) electrons. The van der Waals surface area contributed by atoms with E-state index in [2.05, 4.69) is 5.32 Å². The number of rotatable bonds is 4. The number of halogens is 1. The zero-order chi connectivity index (χ0) is 17.8. The Morgan fingerprint density at radius 3 is 2.36 bits per heavy atom. The second-order valence-corrected chi connectivity index (χ2v) is 5.13. The van der Waals surface area contributed by atoms with E-state index in [1.807, 2.05) is 5.48 Å². The minimum atomic E-state index is -0.938. The van der Waals surface area contributed by atoms with Crippen molar-refractivity contribution in [2.24, 2.45) is 0 Å². The van der Waals surface area contributed by atoms with Crippen LogP contribution in [0.15, 0.2) is 69.9 Å². The van der Waals surface area contributed by atoms with Gasteiger partial charge in [-0.3, -0.25) is 15.5 Å². The highest BCUT2D eigenvalue weighted by molar-refractivity contribution is 6.07. The van der Waals surface area contributed by atoms with Gasteiger partial charge < -0.3 is 9.73 Å². The fourth-order valence-electron chi connectivity index (χ4n) is 2.27. The van der Waals surface area contributed by atoms with Crippen LogP contribution in [0.4, 0.5) is 15.8 Å². The third-order valence-electron chi connectivity index (χ3n) is 3.46. The van der Waals surface area contributed by atoms with Crippen LogP contribution in [0.2, 0.25) is 0 Å². The molecule has 0 atom stereocenters. The summed E-state index contributed by atoms with van der Waals surface area (Å²) in [5.74, 6) is -1.09. The van der Waals surface area contributed by atoms with Crippen molar-refractivity contribution < 1.29 is 18.8 Å². The molecule has 3 aromatic rings. The standard InChI is InChI=1S/C18H13FN2O4/c19-12-8-6-11(7-9-12)15-10-14(21-24)16(18(23)25-15)17(22)20-13-4-2-1-3-5-13/h1-10,21,24H,(H,20,22). The smallest absolute Gasteiger partial charge is 0.351 e. The molecule has 7 heteroatoms. The number of carbonyl (C=O) groups excluding carboxylic acids is 1. The van der Waals surface area contributed by atoms with Gasteiger partial charge in [-0.15, -0.1) is 0 Å². The Kier molecular flexibility index (Phi) is 4.58. The fraction of sp³-hybridized carbons (Fsp3) is 0. The molecule has 0 aliphatic carbocycles. The molecule has 1 heterocycles. The molecule has 3 rings (SSSR count). The third kappa shape index (κ3) is 3.56. The summed E-state index contributed by atoms with van der Waals surface area (Å²) >= 11 is 0. The summed E-state index contributed by atoms with van der Waals surface area (Å²) in [5, 5.41) is 11.8. The fourth-order valence-corrected chi connectivity index (χ4v) is 2.27. The summed E-state index contributed by atoms with van der Waals surface area (Å²) in [4.78, 5) is 24.6. The average Bonchev–Trinajstić information content (AvgIpc) is 2.62. The summed E-state index contributed by atoms with van der Waals surface area (Å²) < 4.78 is 18.2. The molecule has 2 aromatic carbocycles. The first-order valence-corrected chi connectivity index (χ1v) is 7.29. The Bertz CT molecular complexity index is 953. The van der Waals surface area contributed by atoms with Crippen molar-refractivity contribution in [2.75, 3.05) is 10.8 Å². The van der Waals surface area contributed by atoms with Gasteiger partial charge in [0.2, 0.25) is 0 Å². The van der Waals surface area contributed by atoms with Crippen LogP contribution in [-0.2, 0) is 0 Å². The van der Waals surface area contributed by atoms with E-state index in [9.17, 15) is 19.2 Å². The van der Waals surface area contributed by atoms with E-state index in [1.54, 1.807) is 30.3 Å². The first-order chi connectivity index (χ1) is 12.1. The molecular weight excluding hydrogens is 327 g/mol. The van der Waals surface area contributed by atoms with Gasteiger partial charge in [0.1, 0.15) is 11.6 Å². The van der Waals surface area contributed by atoms with E-state index < -0.39 is 17.3 Å². The first-order valence-electron chi connectivity index (χ1n) is 7.29. The van der Waals surface area contributed by atoms with Crippen LogP contribution in [0.3, 0.4) is 0 Å². The molecule has 3 N–H and O–H groups in total. The van der Waals surface area contributed by atoms with Crippen molar-refractivity contribution in [3.8, 4) is 11.3 Å². The largest absolute Gasteiger partial charge is 0.422 e. The number of anilines is 2. The molecule has 25 heavy (non-hydrogen) atoms. The van der Waals surface area contributed by atoms with Crippen molar-refractivity contribution in [2.45, 2.75) is 0 Å². The molecule has 0 unspecified atom stereocenters. The van der Waals surface area contributed by atoms with Crippen LogP contribution in [-0.4, -0.2) is 11.1 Å². The van der Waals surface area contributed by atoms with E-state index >= 15 is 0 Å². The van der Waals surface area contributed by atoms with Gasteiger partial charge in [0.15, 0.2) is 5.56 Å². The van der Waals surface area contributed by atoms with E-state index in [1.165, 1.54) is 30.3 Å². The van der Waals surface area contributed by atoms with Gasteiger partial charge in [0, 0.05) is 17.3 Å². The predicted molar refractivity (Wildman–Crippen MR) is 90.2 cm³/mol. The Morgan fingerprint density at radius 2 is 1.72 bits per heavy atom. The lowest BCUT2D eigenvalue weighted by Crippen LogP contribution is -2.23. The molecule has 0 saturated heterocycles. The Labute approximate surface area is 141 Å². The van der Waals surface area contributed by atoms with Crippen LogP contribution in [0.25, 0.3) is 11.3 Å². The topological polar surface area (TPSA) is 91.6 Å². The van der Waals surface area contributed by atoms with Gasteiger partial charge in [0.05, 0.1) is 5.69 Å². The van der Waals surface area contributed by atoms with E-state index in [0.29, 0.717) is 11.3 Å². The maximum Gasteiger partial charge on any atom is 0.351 e. The molecular formula is C18H13FN2O4. The first kappa shape index (κ1) is 16.4. The normalized spacial score (nSPS) is 10.3. The van der Waals surface area contributed by atoms with E-state index in [4.69, 9.17) is 4.42 Å². The van der Waals surface area contributed by atoms with Gasteiger partial charge in [-0.25, -0.2) is 9.18 Å². The highest BCUT2D eigenvalue weighted by atomic mass is 19.1.